The third-order valence-corrected chi connectivity index (χ3v) is 4.71. The first kappa shape index (κ1) is 16.5. The van der Waals surface area contributed by atoms with Gasteiger partial charge in [0.2, 0.25) is 0 Å². The Balaban J connectivity index is 2.06. The van der Waals surface area contributed by atoms with E-state index in [4.69, 9.17) is 0 Å². The van der Waals surface area contributed by atoms with Crippen molar-refractivity contribution < 1.29 is 0 Å². The number of piperazine rings is 1. The maximum absolute atomic E-state index is 3.75. The van der Waals surface area contributed by atoms with E-state index in [0.29, 0.717) is 12.1 Å². The lowest BCUT2D eigenvalue weighted by atomic mass is 9.97. The summed E-state index contributed by atoms with van der Waals surface area (Å²) < 4.78 is 0. The van der Waals surface area contributed by atoms with Gasteiger partial charge in [-0.05, 0) is 36.3 Å². The fraction of sp³-hybridized carbons (Fsp3) is 0.684. The molecule has 1 aromatic rings. The Bertz CT molecular complexity index is 427. The van der Waals surface area contributed by atoms with Gasteiger partial charge in [-0.25, -0.2) is 0 Å². The van der Waals surface area contributed by atoms with Crippen molar-refractivity contribution in [2.45, 2.75) is 65.6 Å². The van der Waals surface area contributed by atoms with Crippen LogP contribution in [0.3, 0.4) is 0 Å². The zero-order valence-electron chi connectivity index (χ0n) is 14.2. The largest absolute Gasteiger partial charge is 0.311 e. The molecule has 0 aliphatic carbocycles. The number of hydrogen-bond donors (Lipinski definition) is 1. The molecule has 2 nitrogen and oxygen atoms in total. The van der Waals surface area contributed by atoms with Gasteiger partial charge in [0.05, 0.1) is 0 Å². The summed E-state index contributed by atoms with van der Waals surface area (Å²) in [4.78, 5) is 2.71. The Morgan fingerprint density at radius 2 is 1.90 bits per heavy atom. The minimum atomic E-state index is 0.654. The average Bonchev–Trinajstić information content (AvgIpc) is 2.47. The molecule has 1 aliphatic heterocycles. The van der Waals surface area contributed by atoms with Gasteiger partial charge in [-0.2, -0.15) is 0 Å². The Labute approximate surface area is 130 Å². The van der Waals surface area contributed by atoms with E-state index in [-0.39, 0.29) is 0 Å². The van der Waals surface area contributed by atoms with Gasteiger partial charge in [-0.3, -0.25) is 4.90 Å². The molecule has 1 N–H and O–H groups in total. The maximum atomic E-state index is 3.75. The Morgan fingerprint density at radius 3 is 2.52 bits per heavy atom. The molecular weight excluding hydrogens is 256 g/mol. The zero-order chi connectivity index (χ0) is 15.2. The topological polar surface area (TPSA) is 15.3 Å². The molecule has 2 atom stereocenters. The molecule has 21 heavy (non-hydrogen) atoms. The number of aryl methyl sites for hydroxylation is 1. The molecule has 0 bridgehead atoms. The number of nitrogens with one attached hydrogen (secondary N) is 1. The van der Waals surface area contributed by atoms with Gasteiger partial charge in [-0.15, -0.1) is 0 Å². The van der Waals surface area contributed by atoms with E-state index >= 15 is 0 Å². The molecule has 2 heteroatoms. The predicted molar refractivity (Wildman–Crippen MR) is 91.6 cm³/mol. The lowest BCUT2D eigenvalue weighted by molar-refractivity contribution is 0.111. The normalized spacial score (nSPS) is 23.7. The predicted octanol–water partition coefficient (Wildman–Crippen LogP) is 3.85. The van der Waals surface area contributed by atoms with Crippen LogP contribution in [0.5, 0.6) is 0 Å². The number of nitrogens with zero attached hydrogens (tertiary/aromatic N) is 1. The van der Waals surface area contributed by atoms with Crippen LogP contribution >= 0.6 is 0 Å². The highest BCUT2D eigenvalue weighted by atomic mass is 15.2. The number of hydrogen-bond acceptors (Lipinski definition) is 2. The van der Waals surface area contributed by atoms with Crippen molar-refractivity contribution in [3.8, 4) is 0 Å². The summed E-state index contributed by atoms with van der Waals surface area (Å²) in [5.41, 5.74) is 3.02. The van der Waals surface area contributed by atoms with Gasteiger partial charge < -0.3 is 5.32 Å². The molecule has 0 aromatic heterocycles. The van der Waals surface area contributed by atoms with Gasteiger partial charge in [0.15, 0.2) is 0 Å². The van der Waals surface area contributed by atoms with Crippen molar-refractivity contribution in [1.82, 2.24) is 10.2 Å². The third-order valence-electron chi connectivity index (χ3n) is 4.71. The SMILES string of the molecule is CCc1ccccc1CN1CC(CC(C)C)NCC1CC. The van der Waals surface area contributed by atoms with Crippen LogP contribution < -0.4 is 5.32 Å². The summed E-state index contributed by atoms with van der Waals surface area (Å²) in [6.45, 7) is 12.7. The molecule has 0 spiro atoms. The smallest absolute Gasteiger partial charge is 0.0240 e. The molecule has 1 saturated heterocycles. The molecule has 0 amide bonds. The van der Waals surface area contributed by atoms with Crippen molar-refractivity contribution >= 4 is 0 Å². The molecular formula is C19H32N2. The van der Waals surface area contributed by atoms with Gasteiger partial charge in [0.1, 0.15) is 0 Å². The standard InChI is InChI=1S/C19H32N2/c1-5-16-9-7-8-10-17(16)13-21-14-18(11-15(3)4)20-12-19(21)6-2/h7-10,15,18-20H,5-6,11-14H2,1-4H3. The van der Waals surface area contributed by atoms with Crippen LogP contribution in [0.1, 0.15) is 51.7 Å². The molecule has 2 unspecified atom stereocenters. The van der Waals surface area contributed by atoms with Crippen LogP contribution in [-0.2, 0) is 13.0 Å². The van der Waals surface area contributed by atoms with Crippen LogP contribution in [0, 0.1) is 5.92 Å². The second kappa shape index (κ2) is 7.95. The highest BCUT2D eigenvalue weighted by molar-refractivity contribution is 5.27. The molecule has 1 fully saturated rings. The summed E-state index contributed by atoms with van der Waals surface area (Å²) in [5.74, 6) is 0.769. The molecule has 0 radical (unpaired) electrons. The van der Waals surface area contributed by atoms with E-state index in [9.17, 15) is 0 Å². The van der Waals surface area contributed by atoms with Gasteiger partial charge in [0.25, 0.3) is 0 Å². The van der Waals surface area contributed by atoms with Crippen LogP contribution in [0.25, 0.3) is 0 Å². The maximum Gasteiger partial charge on any atom is 0.0240 e. The zero-order valence-corrected chi connectivity index (χ0v) is 14.2. The molecule has 118 valence electrons. The lowest BCUT2D eigenvalue weighted by Gasteiger charge is -2.41. The second-order valence-electron chi connectivity index (χ2n) is 6.85. The van der Waals surface area contributed by atoms with Gasteiger partial charge in [0, 0.05) is 31.7 Å². The lowest BCUT2D eigenvalue weighted by Crippen LogP contribution is -2.56. The third kappa shape index (κ3) is 4.55. The fourth-order valence-corrected chi connectivity index (χ4v) is 3.53. The summed E-state index contributed by atoms with van der Waals surface area (Å²) in [6.07, 6.45) is 3.65. The number of benzene rings is 1. The van der Waals surface area contributed by atoms with Crippen LogP contribution in [0.2, 0.25) is 0 Å². The Kier molecular flexibility index (Phi) is 6.25. The van der Waals surface area contributed by atoms with E-state index in [1.807, 2.05) is 0 Å². The van der Waals surface area contributed by atoms with E-state index in [1.54, 1.807) is 0 Å². The van der Waals surface area contributed by atoms with Crippen LogP contribution in [0.4, 0.5) is 0 Å². The monoisotopic (exact) mass is 288 g/mol. The molecule has 1 aliphatic rings. The van der Waals surface area contributed by atoms with Crippen molar-refractivity contribution in [3.63, 3.8) is 0 Å². The van der Waals surface area contributed by atoms with Crippen molar-refractivity contribution in [1.29, 1.82) is 0 Å². The van der Waals surface area contributed by atoms with Crippen molar-refractivity contribution in [2.24, 2.45) is 5.92 Å². The van der Waals surface area contributed by atoms with Crippen molar-refractivity contribution in [3.05, 3.63) is 35.4 Å². The first-order valence-electron chi connectivity index (χ1n) is 8.68. The first-order chi connectivity index (χ1) is 10.1. The average molecular weight is 288 g/mol. The molecule has 2 rings (SSSR count). The number of rotatable bonds is 6. The summed E-state index contributed by atoms with van der Waals surface area (Å²) >= 11 is 0. The van der Waals surface area contributed by atoms with E-state index < -0.39 is 0 Å². The van der Waals surface area contributed by atoms with E-state index in [0.717, 1.165) is 25.4 Å². The first-order valence-corrected chi connectivity index (χ1v) is 8.68. The Morgan fingerprint density at radius 1 is 1.19 bits per heavy atom. The van der Waals surface area contributed by atoms with Crippen LogP contribution in [-0.4, -0.2) is 30.1 Å². The second-order valence-corrected chi connectivity index (χ2v) is 6.85. The highest BCUT2D eigenvalue weighted by Gasteiger charge is 2.27. The van der Waals surface area contributed by atoms with E-state index in [1.165, 1.54) is 30.5 Å². The minimum Gasteiger partial charge on any atom is -0.311 e. The summed E-state index contributed by atoms with van der Waals surface area (Å²) in [5, 5.41) is 3.75. The Hall–Kier alpha value is -0.860. The molecule has 0 saturated carbocycles. The highest BCUT2D eigenvalue weighted by Crippen LogP contribution is 2.20. The summed E-state index contributed by atoms with van der Waals surface area (Å²) in [6, 6.07) is 10.3. The van der Waals surface area contributed by atoms with Gasteiger partial charge >= 0.3 is 0 Å². The van der Waals surface area contributed by atoms with Crippen LogP contribution in [0.15, 0.2) is 24.3 Å². The molecule has 1 aromatic carbocycles. The van der Waals surface area contributed by atoms with Crippen molar-refractivity contribution in [2.75, 3.05) is 13.1 Å². The quantitative estimate of drug-likeness (QED) is 0.855. The van der Waals surface area contributed by atoms with E-state index in [2.05, 4.69) is 62.2 Å². The minimum absolute atomic E-state index is 0.654. The summed E-state index contributed by atoms with van der Waals surface area (Å²) in [7, 11) is 0. The fourth-order valence-electron chi connectivity index (χ4n) is 3.53. The molecule has 1 heterocycles. The van der Waals surface area contributed by atoms with Gasteiger partial charge in [-0.1, -0.05) is 52.0 Å².